The van der Waals surface area contributed by atoms with Crippen molar-refractivity contribution in [2.45, 2.75) is 13.3 Å². The van der Waals surface area contributed by atoms with Gasteiger partial charge in [0.05, 0.1) is 5.52 Å². The van der Waals surface area contributed by atoms with Gasteiger partial charge in [-0.25, -0.2) is 15.0 Å². The SMILES string of the molecule is Cc1cc2nccn2cc1-c1nc(NCCc2ccccn2)c2ccccc2n1. The molecule has 0 bridgehead atoms. The van der Waals surface area contributed by atoms with Crippen molar-refractivity contribution in [3.63, 3.8) is 0 Å². The van der Waals surface area contributed by atoms with Gasteiger partial charge >= 0.3 is 0 Å². The largest absolute Gasteiger partial charge is 0.369 e. The number of rotatable bonds is 5. The minimum atomic E-state index is 0.706. The van der Waals surface area contributed by atoms with Crippen LogP contribution in [0.2, 0.25) is 0 Å². The molecule has 0 aliphatic heterocycles. The van der Waals surface area contributed by atoms with Crippen LogP contribution in [0, 0.1) is 6.92 Å². The second-order valence-corrected chi connectivity index (χ2v) is 6.97. The molecule has 0 fully saturated rings. The average molecular weight is 380 g/mol. The van der Waals surface area contributed by atoms with Crippen LogP contribution in [0.25, 0.3) is 27.9 Å². The predicted molar refractivity (Wildman–Crippen MR) is 115 cm³/mol. The zero-order valence-electron chi connectivity index (χ0n) is 16.1. The van der Waals surface area contributed by atoms with Crippen molar-refractivity contribution in [1.82, 2.24) is 24.3 Å². The Labute approximate surface area is 168 Å². The summed E-state index contributed by atoms with van der Waals surface area (Å²) in [6.45, 7) is 2.81. The van der Waals surface area contributed by atoms with E-state index in [-0.39, 0.29) is 0 Å². The highest BCUT2D eigenvalue weighted by Gasteiger charge is 2.12. The van der Waals surface area contributed by atoms with Crippen LogP contribution >= 0.6 is 0 Å². The first-order valence-corrected chi connectivity index (χ1v) is 9.62. The molecule has 5 aromatic rings. The predicted octanol–water partition coefficient (Wildman–Crippen LogP) is 4.30. The third-order valence-corrected chi connectivity index (χ3v) is 4.98. The van der Waals surface area contributed by atoms with Gasteiger partial charge in [-0.15, -0.1) is 0 Å². The molecule has 0 aliphatic carbocycles. The van der Waals surface area contributed by atoms with Crippen molar-refractivity contribution in [2.75, 3.05) is 11.9 Å². The highest BCUT2D eigenvalue weighted by atomic mass is 15.0. The van der Waals surface area contributed by atoms with Gasteiger partial charge in [-0.3, -0.25) is 4.98 Å². The zero-order valence-corrected chi connectivity index (χ0v) is 16.1. The van der Waals surface area contributed by atoms with Crippen LogP contribution in [0.15, 0.2) is 73.3 Å². The van der Waals surface area contributed by atoms with E-state index in [1.165, 1.54) is 0 Å². The molecule has 0 unspecified atom stereocenters. The lowest BCUT2D eigenvalue weighted by Gasteiger charge is -2.12. The van der Waals surface area contributed by atoms with Gasteiger partial charge in [-0.1, -0.05) is 18.2 Å². The van der Waals surface area contributed by atoms with E-state index in [1.54, 1.807) is 6.20 Å². The maximum atomic E-state index is 4.88. The lowest BCUT2D eigenvalue weighted by molar-refractivity contribution is 0.954. The van der Waals surface area contributed by atoms with Gasteiger partial charge in [0.25, 0.3) is 0 Å². The van der Waals surface area contributed by atoms with E-state index in [0.717, 1.165) is 52.2 Å². The standard InChI is InChI=1S/C23H20N6/c1-16-14-21-25-12-13-29(21)15-19(16)23-27-20-8-3-2-7-18(20)22(28-23)26-11-9-17-6-4-5-10-24-17/h2-8,10,12-15H,9,11H2,1H3,(H,26,27,28). The molecule has 6 heteroatoms. The van der Waals surface area contributed by atoms with Gasteiger partial charge in [0.2, 0.25) is 0 Å². The van der Waals surface area contributed by atoms with Crippen molar-refractivity contribution in [3.8, 4) is 11.4 Å². The van der Waals surface area contributed by atoms with Gasteiger partial charge in [0.15, 0.2) is 5.82 Å². The molecule has 4 heterocycles. The van der Waals surface area contributed by atoms with Crippen molar-refractivity contribution < 1.29 is 0 Å². The third kappa shape index (κ3) is 3.40. The smallest absolute Gasteiger partial charge is 0.163 e. The Morgan fingerprint density at radius 2 is 1.86 bits per heavy atom. The van der Waals surface area contributed by atoms with E-state index in [2.05, 4.69) is 28.3 Å². The van der Waals surface area contributed by atoms with Gasteiger partial charge in [-0.05, 0) is 42.8 Å². The molecule has 29 heavy (non-hydrogen) atoms. The summed E-state index contributed by atoms with van der Waals surface area (Å²) in [6.07, 6.45) is 8.42. The number of para-hydroxylation sites is 1. The number of nitrogens with one attached hydrogen (secondary N) is 1. The summed E-state index contributed by atoms with van der Waals surface area (Å²) >= 11 is 0. The highest BCUT2D eigenvalue weighted by molar-refractivity contribution is 5.90. The summed E-state index contributed by atoms with van der Waals surface area (Å²) in [4.78, 5) is 18.5. The summed E-state index contributed by atoms with van der Waals surface area (Å²) in [7, 11) is 0. The van der Waals surface area contributed by atoms with E-state index in [9.17, 15) is 0 Å². The molecule has 0 atom stereocenters. The lowest BCUT2D eigenvalue weighted by atomic mass is 10.1. The maximum absolute atomic E-state index is 4.88. The first kappa shape index (κ1) is 17.3. The van der Waals surface area contributed by atoms with Crippen LogP contribution in [0.4, 0.5) is 5.82 Å². The quantitative estimate of drug-likeness (QED) is 0.492. The molecule has 0 radical (unpaired) electrons. The van der Waals surface area contributed by atoms with Crippen LogP contribution < -0.4 is 5.32 Å². The summed E-state index contributed by atoms with van der Waals surface area (Å²) in [6, 6.07) is 16.1. The summed E-state index contributed by atoms with van der Waals surface area (Å²) in [5, 5.41) is 4.50. The van der Waals surface area contributed by atoms with Gasteiger partial charge in [0, 0.05) is 54.4 Å². The number of hydrogen-bond acceptors (Lipinski definition) is 5. The average Bonchev–Trinajstić information content (AvgIpc) is 3.21. The molecular formula is C23H20N6. The molecule has 0 spiro atoms. The van der Waals surface area contributed by atoms with E-state index in [1.807, 2.05) is 65.5 Å². The van der Waals surface area contributed by atoms with Gasteiger partial charge in [-0.2, -0.15) is 0 Å². The van der Waals surface area contributed by atoms with Crippen LogP contribution in [0.1, 0.15) is 11.3 Å². The summed E-state index contributed by atoms with van der Waals surface area (Å²) in [5.41, 5.74) is 4.98. The molecule has 4 aromatic heterocycles. The molecule has 5 rings (SSSR count). The first-order chi connectivity index (χ1) is 14.3. The Morgan fingerprint density at radius 3 is 2.76 bits per heavy atom. The first-order valence-electron chi connectivity index (χ1n) is 9.62. The van der Waals surface area contributed by atoms with Crippen molar-refractivity contribution in [2.24, 2.45) is 0 Å². The minimum Gasteiger partial charge on any atom is -0.369 e. The molecule has 0 saturated carbocycles. The molecule has 142 valence electrons. The Balaban J connectivity index is 1.53. The Hall–Kier alpha value is -3.80. The zero-order chi connectivity index (χ0) is 19.6. The van der Waals surface area contributed by atoms with Crippen molar-refractivity contribution in [3.05, 3.63) is 84.6 Å². The number of hydrogen-bond donors (Lipinski definition) is 1. The van der Waals surface area contributed by atoms with Gasteiger partial charge in [0.1, 0.15) is 11.5 Å². The monoisotopic (exact) mass is 380 g/mol. The number of aromatic nitrogens is 5. The van der Waals surface area contributed by atoms with Gasteiger partial charge < -0.3 is 9.72 Å². The molecular weight excluding hydrogens is 360 g/mol. The number of anilines is 1. The van der Waals surface area contributed by atoms with Crippen LogP contribution in [0.3, 0.4) is 0 Å². The number of benzene rings is 1. The number of nitrogens with zero attached hydrogens (tertiary/aromatic N) is 5. The lowest BCUT2D eigenvalue weighted by Crippen LogP contribution is -2.09. The Kier molecular flexibility index (Phi) is 4.37. The fraction of sp³-hybridized carbons (Fsp3) is 0.130. The molecule has 0 saturated heterocycles. The van der Waals surface area contributed by atoms with Crippen molar-refractivity contribution in [1.29, 1.82) is 0 Å². The van der Waals surface area contributed by atoms with E-state index in [0.29, 0.717) is 5.82 Å². The summed E-state index contributed by atoms with van der Waals surface area (Å²) < 4.78 is 2.00. The fourth-order valence-electron chi connectivity index (χ4n) is 3.48. The van der Waals surface area contributed by atoms with E-state index < -0.39 is 0 Å². The second-order valence-electron chi connectivity index (χ2n) is 6.97. The molecule has 6 nitrogen and oxygen atoms in total. The normalized spacial score (nSPS) is 11.2. The molecule has 1 N–H and O–H groups in total. The maximum Gasteiger partial charge on any atom is 0.163 e. The Morgan fingerprint density at radius 1 is 0.966 bits per heavy atom. The van der Waals surface area contributed by atoms with Crippen LogP contribution in [0.5, 0.6) is 0 Å². The summed E-state index contributed by atoms with van der Waals surface area (Å²) in [5.74, 6) is 1.55. The Bertz CT molecular complexity index is 1290. The van der Waals surface area contributed by atoms with E-state index >= 15 is 0 Å². The van der Waals surface area contributed by atoms with E-state index in [4.69, 9.17) is 9.97 Å². The van der Waals surface area contributed by atoms with Crippen LogP contribution in [-0.2, 0) is 6.42 Å². The topological polar surface area (TPSA) is 68.0 Å². The molecule has 0 aliphatic rings. The fourth-order valence-corrected chi connectivity index (χ4v) is 3.48. The third-order valence-electron chi connectivity index (χ3n) is 4.98. The molecule has 0 amide bonds. The number of aryl methyl sites for hydroxylation is 1. The highest BCUT2D eigenvalue weighted by Crippen LogP contribution is 2.27. The number of pyridine rings is 2. The van der Waals surface area contributed by atoms with Crippen LogP contribution in [-0.4, -0.2) is 30.9 Å². The number of fused-ring (bicyclic) bond motifs is 2. The molecule has 1 aromatic carbocycles. The second kappa shape index (κ2) is 7.31. The van der Waals surface area contributed by atoms with Crippen molar-refractivity contribution >= 4 is 22.4 Å². The minimum absolute atomic E-state index is 0.706. The number of imidazole rings is 1.